The van der Waals surface area contributed by atoms with Crippen LogP contribution in [-0.4, -0.2) is 12.5 Å². The zero-order chi connectivity index (χ0) is 14.1. The van der Waals surface area contributed by atoms with E-state index in [0.29, 0.717) is 17.9 Å². The molecule has 100 valence electrons. The maximum atomic E-state index is 11.8. The summed E-state index contributed by atoms with van der Waals surface area (Å²) < 4.78 is 5.52. The lowest BCUT2D eigenvalue weighted by Crippen LogP contribution is -2.13. The molecule has 0 aliphatic carbocycles. The predicted molar refractivity (Wildman–Crippen MR) is 81.1 cm³/mol. The van der Waals surface area contributed by atoms with Gasteiger partial charge in [-0.25, -0.2) is 0 Å². The molecule has 0 heterocycles. The third-order valence-electron chi connectivity index (χ3n) is 3.39. The monoisotopic (exact) mass is 265 g/mol. The van der Waals surface area contributed by atoms with Crippen molar-refractivity contribution in [2.45, 2.75) is 6.92 Å². The molecule has 0 radical (unpaired) electrons. The second-order valence-electron chi connectivity index (χ2n) is 4.66. The molecule has 0 unspecified atom stereocenters. The fraction of sp³-hybridized carbons (Fsp3) is 0.118. The molecule has 0 fully saturated rings. The van der Waals surface area contributed by atoms with E-state index in [9.17, 15) is 4.79 Å². The van der Waals surface area contributed by atoms with Gasteiger partial charge in [0.1, 0.15) is 5.75 Å². The quantitative estimate of drug-likeness (QED) is 0.737. The highest BCUT2D eigenvalue weighted by atomic mass is 16.5. The van der Waals surface area contributed by atoms with E-state index in [-0.39, 0.29) is 0 Å². The van der Waals surface area contributed by atoms with Crippen LogP contribution in [-0.2, 0) is 0 Å². The normalized spacial score (nSPS) is 10.8. The minimum atomic E-state index is -0.464. The number of rotatable bonds is 3. The Balaban J connectivity index is 2.39. The molecule has 3 heteroatoms. The van der Waals surface area contributed by atoms with Gasteiger partial charge in [-0.1, -0.05) is 30.3 Å². The average molecular weight is 265 g/mol. The topological polar surface area (TPSA) is 52.3 Å². The van der Waals surface area contributed by atoms with Crippen LogP contribution in [0, 0.1) is 0 Å². The third kappa shape index (κ3) is 1.97. The van der Waals surface area contributed by atoms with E-state index in [1.54, 1.807) is 6.07 Å². The largest absolute Gasteiger partial charge is 0.493 e. The molecule has 3 aromatic rings. The van der Waals surface area contributed by atoms with Gasteiger partial charge in [-0.3, -0.25) is 4.79 Å². The van der Waals surface area contributed by atoms with E-state index in [1.807, 2.05) is 37.3 Å². The Morgan fingerprint density at radius 3 is 2.40 bits per heavy atom. The van der Waals surface area contributed by atoms with Crippen LogP contribution in [0.1, 0.15) is 17.3 Å². The van der Waals surface area contributed by atoms with Gasteiger partial charge in [0, 0.05) is 0 Å². The summed E-state index contributed by atoms with van der Waals surface area (Å²) in [6, 6.07) is 15.9. The Hall–Kier alpha value is -2.55. The molecular weight excluding hydrogens is 250 g/mol. The Bertz CT molecular complexity index is 809. The molecule has 0 spiro atoms. The first-order valence-corrected chi connectivity index (χ1v) is 6.59. The van der Waals surface area contributed by atoms with Crippen LogP contribution in [0.2, 0.25) is 0 Å². The summed E-state index contributed by atoms with van der Waals surface area (Å²) in [5.74, 6) is 0.0807. The van der Waals surface area contributed by atoms with Crippen LogP contribution >= 0.6 is 0 Å². The van der Waals surface area contributed by atoms with Crippen LogP contribution in [0.25, 0.3) is 21.5 Å². The fourth-order valence-electron chi connectivity index (χ4n) is 2.52. The maximum Gasteiger partial charge on any atom is 0.253 e. The van der Waals surface area contributed by atoms with Gasteiger partial charge in [0.15, 0.2) is 0 Å². The summed E-state index contributed by atoms with van der Waals surface area (Å²) in [6.45, 7) is 2.38. The summed E-state index contributed by atoms with van der Waals surface area (Å²) >= 11 is 0. The van der Waals surface area contributed by atoms with Gasteiger partial charge in [0.25, 0.3) is 5.91 Å². The van der Waals surface area contributed by atoms with E-state index in [0.717, 1.165) is 21.5 Å². The molecule has 0 aromatic heterocycles. The van der Waals surface area contributed by atoms with Gasteiger partial charge in [-0.2, -0.15) is 0 Å². The second-order valence-corrected chi connectivity index (χ2v) is 4.66. The number of carbonyl (C=O) groups excluding carboxylic acids is 1. The van der Waals surface area contributed by atoms with E-state index in [4.69, 9.17) is 10.5 Å². The SMILES string of the molecule is CCOc1ccc2cc3ccccc3cc2c1C(N)=O. The lowest BCUT2D eigenvalue weighted by molar-refractivity contribution is 0.0998. The van der Waals surface area contributed by atoms with Gasteiger partial charge in [0.2, 0.25) is 0 Å². The zero-order valence-electron chi connectivity index (χ0n) is 11.2. The van der Waals surface area contributed by atoms with E-state index >= 15 is 0 Å². The molecule has 3 nitrogen and oxygen atoms in total. The smallest absolute Gasteiger partial charge is 0.253 e. The van der Waals surface area contributed by atoms with Crippen LogP contribution < -0.4 is 10.5 Å². The lowest BCUT2D eigenvalue weighted by Gasteiger charge is -2.11. The van der Waals surface area contributed by atoms with Crippen molar-refractivity contribution in [3.05, 3.63) is 54.1 Å². The molecule has 1 amide bonds. The molecule has 3 aromatic carbocycles. The number of benzene rings is 3. The van der Waals surface area contributed by atoms with Crippen molar-refractivity contribution in [1.82, 2.24) is 0 Å². The number of primary amides is 1. The molecule has 2 N–H and O–H groups in total. The van der Waals surface area contributed by atoms with E-state index in [2.05, 4.69) is 12.1 Å². The molecule has 0 saturated heterocycles. The molecule has 0 bridgehead atoms. The summed E-state index contributed by atoms with van der Waals surface area (Å²) in [5, 5.41) is 4.04. The van der Waals surface area contributed by atoms with E-state index in [1.165, 1.54) is 0 Å². The number of fused-ring (bicyclic) bond motifs is 2. The predicted octanol–water partition coefficient (Wildman–Crippen LogP) is 3.49. The standard InChI is InChI=1S/C17H15NO2/c1-2-20-15-8-7-13-9-11-5-3-4-6-12(11)10-14(13)16(15)17(18)19/h3-10H,2H2,1H3,(H2,18,19). The van der Waals surface area contributed by atoms with Crippen LogP contribution in [0.5, 0.6) is 5.75 Å². The first kappa shape index (κ1) is 12.5. The van der Waals surface area contributed by atoms with E-state index < -0.39 is 5.91 Å². The molecule has 3 rings (SSSR count). The van der Waals surface area contributed by atoms with Gasteiger partial charge in [-0.05, 0) is 46.7 Å². The minimum absolute atomic E-state index is 0.454. The lowest BCUT2D eigenvalue weighted by atomic mass is 9.98. The highest BCUT2D eigenvalue weighted by Gasteiger charge is 2.14. The first-order chi connectivity index (χ1) is 9.70. The summed E-state index contributed by atoms with van der Waals surface area (Å²) in [5.41, 5.74) is 5.99. The number of hydrogen-bond acceptors (Lipinski definition) is 2. The molecule has 0 atom stereocenters. The molecule has 0 aliphatic rings. The van der Waals surface area contributed by atoms with Crippen molar-refractivity contribution in [3.63, 3.8) is 0 Å². The number of ether oxygens (including phenoxy) is 1. The van der Waals surface area contributed by atoms with Crippen molar-refractivity contribution >= 4 is 27.5 Å². The summed E-state index contributed by atoms with van der Waals surface area (Å²) in [7, 11) is 0. The second kappa shape index (κ2) is 4.85. The first-order valence-electron chi connectivity index (χ1n) is 6.59. The van der Waals surface area contributed by atoms with Gasteiger partial charge in [-0.15, -0.1) is 0 Å². The number of amides is 1. The Morgan fingerprint density at radius 2 is 1.75 bits per heavy atom. The van der Waals surface area contributed by atoms with Gasteiger partial charge < -0.3 is 10.5 Å². The Labute approximate surface area is 117 Å². The van der Waals surface area contributed by atoms with Gasteiger partial charge >= 0.3 is 0 Å². The fourth-order valence-corrected chi connectivity index (χ4v) is 2.52. The van der Waals surface area contributed by atoms with Crippen molar-refractivity contribution in [2.24, 2.45) is 5.73 Å². The Morgan fingerprint density at radius 1 is 1.05 bits per heavy atom. The molecule has 0 aliphatic heterocycles. The highest BCUT2D eigenvalue weighted by Crippen LogP contribution is 2.31. The average Bonchev–Trinajstić information content (AvgIpc) is 2.45. The van der Waals surface area contributed by atoms with Crippen molar-refractivity contribution in [3.8, 4) is 5.75 Å². The van der Waals surface area contributed by atoms with Crippen molar-refractivity contribution in [1.29, 1.82) is 0 Å². The van der Waals surface area contributed by atoms with Crippen LogP contribution in [0.3, 0.4) is 0 Å². The van der Waals surface area contributed by atoms with Crippen molar-refractivity contribution in [2.75, 3.05) is 6.61 Å². The van der Waals surface area contributed by atoms with Crippen LogP contribution in [0.15, 0.2) is 48.5 Å². The number of carbonyl (C=O) groups is 1. The summed E-state index contributed by atoms with van der Waals surface area (Å²) in [6.07, 6.45) is 0. The van der Waals surface area contributed by atoms with Crippen molar-refractivity contribution < 1.29 is 9.53 Å². The number of nitrogens with two attached hydrogens (primary N) is 1. The molecule has 20 heavy (non-hydrogen) atoms. The summed E-state index contributed by atoms with van der Waals surface area (Å²) in [4.78, 5) is 11.8. The molecular formula is C17H15NO2. The van der Waals surface area contributed by atoms with Crippen LogP contribution in [0.4, 0.5) is 0 Å². The molecule has 0 saturated carbocycles. The Kier molecular flexibility index (Phi) is 3.03. The third-order valence-corrected chi connectivity index (χ3v) is 3.39. The minimum Gasteiger partial charge on any atom is -0.493 e. The van der Waals surface area contributed by atoms with Gasteiger partial charge in [0.05, 0.1) is 12.2 Å². The maximum absolute atomic E-state index is 11.8. The highest BCUT2D eigenvalue weighted by molar-refractivity contribution is 6.12. The number of hydrogen-bond donors (Lipinski definition) is 1. The zero-order valence-corrected chi connectivity index (χ0v) is 11.2.